The molecule has 0 unspecified atom stereocenters. The molecule has 9 nitrogen and oxygen atoms in total. The minimum Gasteiger partial charge on any atom is -0.477 e. The molecule has 0 fully saturated rings. The highest BCUT2D eigenvalue weighted by molar-refractivity contribution is 6.08. The lowest BCUT2D eigenvalue weighted by atomic mass is 9.97. The monoisotopic (exact) mass is 422 g/mol. The van der Waals surface area contributed by atoms with Crippen molar-refractivity contribution in [3.8, 4) is 17.1 Å². The molecular weight excluding hydrogens is 392 g/mol. The standard InChI is InChI=1S/C22H30N8O/c1-6-10-31-22-15(8-7-9-25-22)16-11-17(26-12-18-27-13-30(5)29-18)19(20(23)14(2)3)21(24-4)28-16/h7-9,11,13-14,23H,6,10,12H2,1-5H3,(H2,24,26,28). The number of pyridine rings is 2. The van der Waals surface area contributed by atoms with Gasteiger partial charge in [-0.3, -0.25) is 4.68 Å². The van der Waals surface area contributed by atoms with E-state index < -0.39 is 0 Å². The van der Waals surface area contributed by atoms with Crippen LogP contribution in [0.4, 0.5) is 11.5 Å². The molecule has 3 aromatic rings. The molecule has 0 spiro atoms. The van der Waals surface area contributed by atoms with E-state index in [4.69, 9.17) is 15.1 Å². The normalized spacial score (nSPS) is 10.9. The summed E-state index contributed by atoms with van der Waals surface area (Å²) in [4.78, 5) is 13.5. The van der Waals surface area contributed by atoms with Crippen LogP contribution in [0.25, 0.3) is 11.3 Å². The van der Waals surface area contributed by atoms with Crippen molar-refractivity contribution in [1.29, 1.82) is 5.41 Å². The van der Waals surface area contributed by atoms with Gasteiger partial charge in [0.05, 0.1) is 30.0 Å². The Hall–Kier alpha value is -3.49. The molecule has 3 aromatic heterocycles. The Balaban J connectivity index is 2.08. The summed E-state index contributed by atoms with van der Waals surface area (Å²) in [5, 5.41) is 19.6. The van der Waals surface area contributed by atoms with E-state index in [1.54, 1.807) is 17.2 Å². The van der Waals surface area contributed by atoms with Crippen molar-refractivity contribution in [3.05, 3.63) is 42.1 Å². The lowest BCUT2D eigenvalue weighted by Crippen LogP contribution is -2.16. The van der Waals surface area contributed by atoms with Gasteiger partial charge < -0.3 is 20.8 Å². The van der Waals surface area contributed by atoms with E-state index in [1.807, 2.05) is 46.1 Å². The molecule has 0 aliphatic rings. The average molecular weight is 423 g/mol. The summed E-state index contributed by atoms with van der Waals surface area (Å²) < 4.78 is 7.51. The molecule has 0 radical (unpaired) electrons. The van der Waals surface area contributed by atoms with Crippen LogP contribution >= 0.6 is 0 Å². The predicted octanol–water partition coefficient (Wildman–Crippen LogP) is 3.74. The smallest absolute Gasteiger partial charge is 0.222 e. The van der Waals surface area contributed by atoms with Gasteiger partial charge >= 0.3 is 0 Å². The maximum absolute atomic E-state index is 8.67. The predicted molar refractivity (Wildman–Crippen MR) is 123 cm³/mol. The maximum Gasteiger partial charge on any atom is 0.222 e. The van der Waals surface area contributed by atoms with Crippen LogP contribution in [0.5, 0.6) is 5.88 Å². The molecule has 0 amide bonds. The third-order valence-electron chi connectivity index (χ3n) is 4.68. The first kappa shape index (κ1) is 22.2. The van der Waals surface area contributed by atoms with Crippen LogP contribution in [0, 0.1) is 11.3 Å². The zero-order valence-electron chi connectivity index (χ0n) is 18.7. The Bertz CT molecular complexity index is 1040. The van der Waals surface area contributed by atoms with Crippen molar-refractivity contribution in [1.82, 2.24) is 24.7 Å². The number of hydrogen-bond donors (Lipinski definition) is 3. The first-order valence-corrected chi connectivity index (χ1v) is 10.4. The van der Waals surface area contributed by atoms with Gasteiger partial charge in [0.1, 0.15) is 12.1 Å². The van der Waals surface area contributed by atoms with Crippen LogP contribution in [0.1, 0.15) is 38.6 Å². The summed E-state index contributed by atoms with van der Waals surface area (Å²) in [6, 6.07) is 5.74. The van der Waals surface area contributed by atoms with Gasteiger partial charge in [-0.15, -0.1) is 0 Å². The first-order valence-electron chi connectivity index (χ1n) is 10.4. The van der Waals surface area contributed by atoms with Crippen molar-refractivity contribution >= 4 is 17.2 Å². The lowest BCUT2D eigenvalue weighted by Gasteiger charge is -2.20. The molecule has 0 bridgehead atoms. The Morgan fingerprint density at radius 2 is 2.10 bits per heavy atom. The van der Waals surface area contributed by atoms with Gasteiger partial charge in [0.15, 0.2) is 5.82 Å². The molecule has 0 atom stereocenters. The van der Waals surface area contributed by atoms with Crippen LogP contribution in [-0.4, -0.2) is 44.1 Å². The minimum absolute atomic E-state index is 0.0371. The molecule has 3 rings (SSSR count). The molecule has 0 aliphatic heterocycles. The molecular formula is C22H30N8O. The molecule has 3 heterocycles. The number of hydrogen-bond acceptors (Lipinski definition) is 8. The summed E-state index contributed by atoms with van der Waals surface area (Å²) in [7, 11) is 3.64. The summed E-state index contributed by atoms with van der Waals surface area (Å²) in [5.74, 6) is 1.87. The fraction of sp³-hybridized carbons (Fsp3) is 0.409. The van der Waals surface area contributed by atoms with E-state index in [0.717, 1.165) is 23.2 Å². The second kappa shape index (κ2) is 10.0. The van der Waals surface area contributed by atoms with Crippen molar-refractivity contribution < 1.29 is 4.74 Å². The summed E-state index contributed by atoms with van der Waals surface area (Å²) in [5.41, 5.74) is 3.52. The first-order chi connectivity index (χ1) is 14.9. The third-order valence-corrected chi connectivity index (χ3v) is 4.68. The number of anilines is 2. The van der Waals surface area contributed by atoms with E-state index in [2.05, 4.69) is 32.6 Å². The Morgan fingerprint density at radius 1 is 1.29 bits per heavy atom. The number of rotatable bonds is 10. The quantitative estimate of drug-likeness (QED) is 0.427. The minimum atomic E-state index is 0.0371. The number of nitrogens with zero attached hydrogens (tertiary/aromatic N) is 5. The van der Waals surface area contributed by atoms with Gasteiger partial charge in [-0.05, 0) is 30.5 Å². The molecule has 0 aromatic carbocycles. The molecule has 0 saturated carbocycles. The Kier molecular flexibility index (Phi) is 7.17. The van der Waals surface area contributed by atoms with E-state index in [9.17, 15) is 0 Å². The van der Waals surface area contributed by atoms with E-state index in [1.165, 1.54) is 0 Å². The molecule has 3 N–H and O–H groups in total. The van der Waals surface area contributed by atoms with Crippen molar-refractivity contribution in [3.63, 3.8) is 0 Å². The number of aromatic nitrogens is 5. The summed E-state index contributed by atoms with van der Waals surface area (Å²) in [6.07, 6.45) is 4.26. The lowest BCUT2D eigenvalue weighted by molar-refractivity contribution is 0.306. The maximum atomic E-state index is 8.67. The molecule has 9 heteroatoms. The topological polar surface area (TPSA) is 114 Å². The van der Waals surface area contributed by atoms with Gasteiger partial charge in [-0.2, -0.15) is 5.10 Å². The Labute approximate surface area is 182 Å². The second-order valence-electron chi connectivity index (χ2n) is 7.49. The highest BCUT2D eigenvalue weighted by Gasteiger charge is 2.21. The van der Waals surface area contributed by atoms with E-state index in [0.29, 0.717) is 42.1 Å². The van der Waals surface area contributed by atoms with E-state index >= 15 is 0 Å². The number of aryl methyl sites for hydroxylation is 1. The largest absolute Gasteiger partial charge is 0.477 e. The van der Waals surface area contributed by atoms with Crippen molar-refractivity contribution in [2.24, 2.45) is 13.0 Å². The van der Waals surface area contributed by atoms with Crippen LogP contribution in [0.3, 0.4) is 0 Å². The van der Waals surface area contributed by atoms with E-state index in [-0.39, 0.29) is 5.92 Å². The fourth-order valence-electron chi connectivity index (χ4n) is 3.10. The summed E-state index contributed by atoms with van der Waals surface area (Å²) >= 11 is 0. The third kappa shape index (κ3) is 5.17. The Morgan fingerprint density at radius 3 is 2.74 bits per heavy atom. The van der Waals surface area contributed by atoms with Crippen LogP contribution in [0.2, 0.25) is 0 Å². The van der Waals surface area contributed by atoms with Gasteiger partial charge in [-0.25, -0.2) is 15.0 Å². The number of nitrogens with one attached hydrogen (secondary N) is 3. The molecule has 0 saturated heterocycles. The molecule has 164 valence electrons. The molecule has 0 aliphatic carbocycles. The van der Waals surface area contributed by atoms with Crippen molar-refractivity contribution in [2.75, 3.05) is 24.3 Å². The van der Waals surface area contributed by atoms with Crippen LogP contribution < -0.4 is 15.4 Å². The second-order valence-corrected chi connectivity index (χ2v) is 7.49. The zero-order chi connectivity index (χ0) is 22.4. The zero-order valence-corrected chi connectivity index (χ0v) is 18.7. The highest BCUT2D eigenvalue weighted by Crippen LogP contribution is 2.34. The van der Waals surface area contributed by atoms with Crippen molar-refractivity contribution in [2.45, 2.75) is 33.7 Å². The van der Waals surface area contributed by atoms with Gasteiger partial charge in [0.2, 0.25) is 5.88 Å². The number of ether oxygens (including phenoxy) is 1. The SMILES string of the molecule is CCCOc1ncccc1-c1cc(NCc2ncn(C)n2)c(C(=N)C(C)C)c(NC)n1. The van der Waals surface area contributed by atoms with Gasteiger partial charge in [-0.1, -0.05) is 20.8 Å². The average Bonchev–Trinajstić information content (AvgIpc) is 3.20. The van der Waals surface area contributed by atoms with Gasteiger partial charge in [0.25, 0.3) is 0 Å². The molecule has 31 heavy (non-hydrogen) atoms. The van der Waals surface area contributed by atoms with Crippen LogP contribution in [0.15, 0.2) is 30.7 Å². The fourth-order valence-corrected chi connectivity index (χ4v) is 3.10. The summed E-state index contributed by atoms with van der Waals surface area (Å²) in [6.45, 7) is 7.06. The van der Waals surface area contributed by atoms with Gasteiger partial charge in [0, 0.05) is 31.7 Å². The highest BCUT2D eigenvalue weighted by atomic mass is 16.5. The van der Waals surface area contributed by atoms with Crippen LogP contribution in [-0.2, 0) is 13.6 Å².